The van der Waals surface area contributed by atoms with E-state index in [9.17, 15) is 28.2 Å². The highest BCUT2D eigenvalue weighted by molar-refractivity contribution is 6.32. The molecule has 0 bridgehead atoms. The Labute approximate surface area is 182 Å². The number of halogens is 5. The highest BCUT2D eigenvalue weighted by Crippen LogP contribution is 2.38. The number of hydrogen-bond donors (Lipinski definition) is 3. The van der Waals surface area contributed by atoms with Crippen LogP contribution in [0.1, 0.15) is 22.9 Å². The smallest absolute Gasteiger partial charge is 0.329 e. The molecule has 2 heterocycles. The van der Waals surface area contributed by atoms with E-state index in [1.54, 1.807) is 0 Å². The van der Waals surface area contributed by atoms with Gasteiger partial charge in [-0.15, -0.1) is 0 Å². The summed E-state index contributed by atoms with van der Waals surface area (Å²) in [6.45, 7) is -0.826. The van der Waals surface area contributed by atoms with Crippen LogP contribution in [-0.4, -0.2) is 32.6 Å². The van der Waals surface area contributed by atoms with Crippen LogP contribution in [0.25, 0.3) is 11.6 Å². The summed E-state index contributed by atoms with van der Waals surface area (Å²) < 4.78 is 43.0. The van der Waals surface area contributed by atoms with Crippen molar-refractivity contribution in [2.45, 2.75) is 6.04 Å². The molecule has 0 saturated heterocycles. The first-order valence-corrected chi connectivity index (χ1v) is 9.51. The van der Waals surface area contributed by atoms with E-state index in [0.29, 0.717) is 21.8 Å². The SMILES string of the molecule is O=c1[nH]c(/C=C2\C=Nc3c2ccc(Cl)c3F)c(O)n1C(CO)c1cc(F)c(Cl)cc1F. The fourth-order valence-corrected chi connectivity index (χ4v) is 3.64. The first-order chi connectivity index (χ1) is 14.7. The van der Waals surface area contributed by atoms with Crippen LogP contribution in [0.3, 0.4) is 0 Å². The minimum Gasteiger partial charge on any atom is -0.493 e. The Kier molecular flexibility index (Phi) is 5.42. The first kappa shape index (κ1) is 21.2. The standard InChI is InChI=1S/C20H12Cl2F3N3O3/c21-11-2-1-9-8(6-26-18(9)17(11)25)3-15-19(30)28(20(31)27-15)16(7-29)10-4-14(24)12(22)5-13(10)23/h1-6,16,29-30H,7H2,(H,27,31)/b8-3+. The van der Waals surface area contributed by atoms with Crippen LogP contribution in [-0.2, 0) is 0 Å². The molecular weight excluding hydrogens is 458 g/mol. The second-order valence-electron chi connectivity index (χ2n) is 6.64. The first-order valence-electron chi connectivity index (χ1n) is 8.75. The zero-order valence-electron chi connectivity index (χ0n) is 15.3. The van der Waals surface area contributed by atoms with E-state index in [1.807, 2.05) is 0 Å². The van der Waals surface area contributed by atoms with Crippen molar-refractivity contribution in [1.29, 1.82) is 0 Å². The highest BCUT2D eigenvalue weighted by Gasteiger charge is 2.26. The summed E-state index contributed by atoms with van der Waals surface area (Å²) in [6.07, 6.45) is 2.64. The normalized spacial score (nSPS) is 15.0. The van der Waals surface area contributed by atoms with Gasteiger partial charge < -0.3 is 15.2 Å². The van der Waals surface area contributed by atoms with Gasteiger partial charge in [-0.05, 0) is 24.3 Å². The van der Waals surface area contributed by atoms with Crippen molar-refractivity contribution in [3.8, 4) is 5.88 Å². The number of hydrogen-bond acceptors (Lipinski definition) is 4. The van der Waals surface area contributed by atoms with E-state index in [1.165, 1.54) is 24.4 Å². The molecular formula is C20H12Cl2F3N3O3. The number of aromatic amines is 1. The molecule has 3 aromatic rings. The van der Waals surface area contributed by atoms with Crippen molar-refractivity contribution >= 4 is 46.8 Å². The predicted molar refractivity (Wildman–Crippen MR) is 111 cm³/mol. The number of aromatic hydroxyl groups is 1. The van der Waals surface area contributed by atoms with Crippen LogP contribution in [0.15, 0.2) is 34.1 Å². The lowest BCUT2D eigenvalue weighted by Gasteiger charge is -2.17. The molecule has 4 rings (SSSR count). The average molecular weight is 470 g/mol. The third kappa shape index (κ3) is 3.54. The van der Waals surface area contributed by atoms with Crippen LogP contribution in [0.2, 0.25) is 10.0 Å². The predicted octanol–water partition coefficient (Wildman–Crippen LogP) is 4.44. The van der Waals surface area contributed by atoms with Gasteiger partial charge in [0, 0.05) is 22.9 Å². The van der Waals surface area contributed by atoms with E-state index in [4.69, 9.17) is 23.2 Å². The Bertz CT molecular complexity index is 1330. The number of nitrogens with one attached hydrogen (secondary N) is 1. The number of aromatic nitrogens is 2. The molecule has 1 unspecified atom stereocenters. The van der Waals surface area contributed by atoms with Crippen molar-refractivity contribution in [3.05, 3.63) is 79.1 Å². The molecule has 11 heteroatoms. The van der Waals surface area contributed by atoms with Gasteiger partial charge in [0.05, 0.1) is 22.7 Å². The number of rotatable bonds is 4. The number of H-pyrrole nitrogens is 1. The Morgan fingerprint density at radius 2 is 1.90 bits per heavy atom. The molecule has 2 aromatic carbocycles. The van der Waals surface area contributed by atoms with Gasteiger partial charge in [0.1, 0.15) is 23.0 Å². The highest BCUT2D eigenvalue weighted by atomic mass is 35.5. The average Bonchev–Trinajstić information content (AvgIpc) is 3.25. The van der Waals surface area contributed by atoms with Crippen molar-refractivity contribution in [2.75, 3.05) is 6.61 Å². The minimum absolute atomic E-state index is 0.00645. The molecule has 0 spiro atoms. The third-order valence-electron chi connectivity index (χ3n) is 4.83. The van der Waals surface area contributed by atoms with Crippen LogP contribution >= 0.6 is 23.2 Å². The van der Waals surface area contributed by atoms with Gasteiger partial charge in [-0.3, -0.25) is 9.56 Å². The van der Waals surface area contributed by atoms with Gasteiger partial charge in [-0.1, -0.05) is 29.3 Å². The Hall–Kier alpha value is -3.01. The molecule has 0 aliphatic carbocycles. The molecule has 31 heavy (non-hydrogen) atoms. The molecule has 0 fully saturated rings. The molecule has 3 N–H and O–H groups in total. The summed E-state index contributed by atoms with van der Waals surface area (Å²) >= 11 is 11.3. The van der Waals surface area contributed by atoms with Gasteiger partial charge in [0.15, 0.2) is 5.82 Å². The summed E-state index contributed by atoms with van der Waals surface area (Å²) in [5.41, 5.74) is -0.645. The largest absolute Gasteiger partial charge is 0.493 e. The zero-order valence-corrected chi connectivity index (χ0v) is 16.8. The third-order valence-corrected chi connectivity index (χ3v) is 5.41. The summed E-state index contributed by atoms with van der Waals surface area (Å²) in [6, 6.07) is 2.86. The van der Waals surface area contributed by atoms with Crippen molar-refractivity contribution in [3.63, 3.8) is 0 Å². The van der Waals surface area contributed by atoms with Gasteiger partial charge in [-0.2, -0.15) is 0 Å². The van der Waals surface area contributed by atoms with Crippen molar-refractivity contribution < 1.29 is 23.4 Å². The minimum atomic E-state index is -1.44. The maximum absolute atomic E-state index is 14.3. The van der Waals surface area contributed by atoms with Crippen LogP contribution in [0.4, 0.5) is 18.9 Å². The molecule has 0 radical (unpaired) electrons. The van der Waals surface area contributed by atoms with E-state index in [0.717, 1.165) is 6.07 Å². The fraction of sp³-hybridized carbons (Fsp3) is 0.100. The molecule has 1 aliphatic rings. The van der Waals surface area contributed by atoms with E-state index in [-0.39, 0.29) is 22.0 Å². The summed E-state index contributed by atoms with van der Waals surface area (Å²) in [7, 11) is 0. The van der Waals surface area contributed by atoms with Gasteiger partial charge in [0.25, 0.3) is 0 Å². The molecule has 1 aliphatic heterocycles. The monoisotopic (exact) mass is 469 g/mol. The number of nitrogens with zero attached hydrogens (tertiary/aromatic N) is 2. The van der Waals surface area contributed by atoms with Crippen molar-refractivity contribution in [1.82, 2.24) is 9.55 Å². The van der Waals surface area contributed by atoms with Crippen LogP contribution in [0, 0.1) is 17.5 Å². The second kappa shape index (κ2) is 7.92. The number of aliphatic hydroxyl groups excluding tert-OH is 1. The summed E-state index contributed by atoms with van der Waals surface area (Å²) in [5, 5.41) is 19.8. The van der Waals surface area contributed by atoms with Crippen LogP contribution < -0.4 is 5.69 Å². The van der Waals surface area contributed by atoms with Gasteiger partial charge >= 0.3 is 5.69 Å². The molecule has 0 amide bonds. The van der Waals surface area contributed by atoms with Crippen LogP contribution in [0.5, 0.6) is 5.88 Å². The van der Waals surface area contributed by atoms with Gasteiger partial charge in [0.2, 0.25) is 5.88 Å². The quantitative estimate of drug-likeness (QED) is 0.493. The van der Waals surface area contributed by atoms with E-state index < -0.39 is 46.7 Å². The molecule has 1 atom stereocenters. The van der Waals surface area contributed by atoms with E-state index in [2.05, 4.69) is 9.98 Å². The number of fused-ring (bicyclic) bond motifs is 1. The Morgan fingerprint density at radius 1 is 1.16 bits per heavy atom. The Morgan fingerprint density at radius 3 is 2.61 bits per heavy atom. The fourth-order valence-electron chi connectivity index (χ4n) is 3.33. The molecule has 6 nitrogen and oxygen atoms in total. The lowest BCUT2D eigenvalue weighted by molar-refractivity contribution is 0.234. The zero-order chi connectivity index (χ0) is 22.4. The maximum atomic E-state index is 14.3. The topological polar surface area (TPSA) is 90.6 Å². The van der Waals surface area contributed by atoms with Crippen molar-refractivity contribution in [2.24, 2.45) is 4.99 Å². The van der Waals surface area contributed by atoms with Gasteiger partial charge in [-0.25, -0.2) is 18.0 Å². The maximum Gasteiger partial charge on any atom is 0.329 e. The number of allylic oxidation sites excluding steroid dienone is 1. The number of aliphatic hydroxyl groups is 1. The number of benzene rings is 2. The molecule has 0 saturated carbocycles. The lowest BCUT2D eigenvalue weighted by atomic mass is 10.1. The lowest BCUT2D eigenvalue weighted by Crippen LogP contribution is -2.26. The summed E-state index contributed by atoms with van der Waals surface area (Å²) in [5.74, 6) is -3.29. The molecule has 1 aromatic heterocycles. The summed E-state index contributed by atoms with van der Waals surface area (Å²) in [4.78, 5) is 18.8. The Balaban J connectivity index is 1.80. The second-order valence-corrected chi connectivity index (χ2v) is 7.45. The van der Waals surface area contributed by atoms with E-state index >= 15 is 0 Å². The molecule has 160 valence electrons. The number of imidazole rings is 1. The number of aliphatic imine (C=N–C) groups is 1.